The second-order valence-corrected chi connectivity index (χ2v) is 6.66. The fourth-order valence-electron chi connectivity index (χ4n) is 3.23. The molecule has 4 rings (SSSR count). The summed E-state index contributed by atoms with van der Waals surface area (Å²) in [4.78, 5) is 23.8. The number of aryl methyl sites for hydroxylation is 1. The molecule has 24 heavy (non-hydrogen) atoms. The largest absolute Gasteiger partial charge is 0.330 e. The fraction of sp³-hybridized carbons (Fsp3) is 0.353. The molecule has 124 valence electrons. The maximum atomic E-state index is 12.3. The monoisotopic (exact) mass is 343 g/mol. The van der Waals surface area contributed by atoms with Crippen LogP contribution in [0.3, 0.4) is 0 Å². The number of hydrogen-bond donors (Lipinski definition) is 0. The van der Waals surface area contributed by atoms with Gasteiger partial charge in [-0.3, -0.25) is 14.1 Å². The van der Waals surface area contributed by atoms with Crippen molar-refractivity contribution >= 4 is 17.2 Å². The van der Waals surface area contributed by atoms with E-state index in [1.54, 1.807) is 24.4 Å². The molecule has 0 saturated heterocycles. The number of halogens is 1. The van der Waals surface area contributed by atoms with Gasteiger partial charge in [-0.05, 0) is 26.0 Å². The molecule has 6 nitrogen and oxygen atoms in total. The Hall–Kier alpha value is -2.18. The molecule has 0 fully saturated rings. The highest BCUT2D eigenvalue weighted by Crippen LogP contribution is 2.18. The van der Waals surface area contributed by atoms with E-state index in [2.05, 4.69) is 26.4 Å². The molecule has 0 atom stereocenters. The Bertz CT molecular complexity index is 991. The Morgan fingerprint density at radius 3 is 2.88 bits per heavy atom. The molecule has 1 aliphatic rings. The van der Waals surface area contributed by atoms with Gasteiger partial charge in [-0.25, -0.2) is 9.97 Å². The van der Waals surface area contributed by atoms with Crippen molar-refractivity contribution in [1.82, 2.24) is 23.8 Å². The van der Waals surface area contributed by atoms with Crippen LogP contribution >= 0.6 is 11.6 Å². The van der Waals surface area contributed by atoms with Gasteiger partial charge in [-0.1, -0.05) is 11.6 Å². The zero-order valence-electron chi connectivity index (χ0n) is 13.7. The summed E-state index contributed by atoms with van der Waals surface area (Å²) >= 11 is 5.94. The molecule has 0 radical (unpaired) electrons. The van der Waals surface area contributed by atoms with Gasteiger partial charge in [0.25, 0.3) is 5.56 Å². The third kappa shape index (κ3) is 2.61. The first-order valence-corrected chi connectivity index (χ1v) is 8.32. The van der Waals surface area contributed by atoms with Crippen molar-refractivity contribution in [3.05, 3.63) is 62.7 Å². The van der Waals surface area contributed by atoms with Gasteiger partial charge >= 0.3 is 0 Å². The molecule has 0 amide bonds. The molecule has 0 bridgehead atoms. The molecule has 0 unspecified atom stereocenters. The van der Waals surface area contributed by atoms with Gasteiger partial charge in [0.05, 0.1) is 23.0 Å². The minimum atomic E-state index is -0.109. The highest BCUT2D eigenvalue weighted by molar-refractivity contribution is 6.30. The molecule has 3 aromatic rings. The SMILES string of the molecule is Cc1nc2n(c1C)CCN(Cc1cc(=O)n3cc(Cl)ccc3n1)C2. The van der Waals surface area contributed by atoms with Crippen molar-refractivity contribution in [1.29, 1.82) is 0 Å². The van der Waals surface area contributed by atoms with Gasteiger partial charge in [0, 0.05) is 37.6 Å². The molecule has 7 heteroatoms. The lowest BCUT2D eigenvalue weighted by molar-refractivity contribution is 0.205. The lowest BCUT2D eigenvalue weighted by atomic mass is 10.3. The number of pyridine rings is 1. The quantitative estimate of drug-likeness (QED) is 0.715. The minimum absolute atomic E-state index is 0.109. The molecule has 0 aliphatic carbocycles. The van der Waals surface area contributed by atoms with E-state index in [4.69, 9.17) is 11.6 Å². The van der Waals surface area contributed by atoms with Gasteiger partial charge in [0.2, 0.25) is 0 Å². The summed E-state index contributed by atoms with van der Waals surface area (Å²) in [6, 6.07) is 5.10. The average molecular weight is 344 g/mol. The van der Waals surface area contributed by atoms with Crippen LogP contribution < -0.4 is 5.56 Å². The highest BCUT2D eigenvalue weighted by Gasteiger charge is 2.20. The molecule has 0 spiro atoms. The van der Waals surface area contributed by atoms with Crippen molar-refractivity contribution < 1.29 is 0 Å². The molecule has 3 aromatic heterocycles. The number of aromatic nitrogens is 4. The smallest absolute Gasteiger partial charge is 0.258 e. The number of imidazole rings is 1. The van der Waals surface area contributed by atoms with Crippen LogP contribution in [0.1, 0.15) is 22.9 Å². The summed E-state index contributed by atoms with van der Waals surface area (Å²) in [6.07, 6.45) is 1.60. The first kappa shape index (κ1) is 15.4. The van der Waals surface area contributed by atoms with E-state index in [9.17, 15) is 4.79 Å². The average Bonchev–Trinajstić information content (AvgIpc) is 2.82. The maximum Gasteiger partial charge on any atom is 0.258 e. The lowest BCUT2D eigenvalue weighted by Gasteiger charge is -2.27. The summed E-state index contributed by atoms with van der Waals surface area (Å²) in [5, 5.41) is 0.521. The van der Waals surface area contributed by atoms with Crippen LogP contribution in [0.4, 0.5) is 0 Å². The Kier molecular flexibility index (Phi) is 3.66. The highest BCUT2D eigenvalue weighted by atomic mass is 35.5. The second-order valence-electron chi connectivity index (χ2n) is 6.22. The first-order chi connectivity index (χ1) is 11.5. The Balaban J connectivity index is 1.61. The number of nitrogens with zero attached hydrogens (tertiary/aromatic N) is 5. The van der Waals surface area contributed by atoms with Crippen LogP contribution in [-0.4, -0.2) is 30.4 Å². The van der Waals surface area contributed by atoms with Crippen LogP contribution in [0.5, 0.6) is 0 Å². The van der Waals surface area contributed by atoms with E-state index in [1.165, 1.54) is 10.1 Å². The third-order valence-electron chi connectivity index (χ3n) is 4.60. The molecule has 0 saturated carbocycles. The summed E-state index contributed by atoms with van der Waals surface area (Å²) in [6.45, 7) is 7.41. The van der Waals surface area contributed by atoms with Gasteiger partial charge in [-0.2, -0.15) is 0 Å². The predicted molar refractivity (Wildman–Crippen MR) is 92.3 cm³/mol. The van der Waals surface area contributed by atoms with Crippen molar-refractivity contribution in [2.75, 3.05) is 6.54 Å². The number of hydrogen-bond acceptors (Lipinski definition) is 4. The van der Waals surface area contributed by atoms with Crippen molar-refractivity contribution in [3.8, 4) is 0 Å². The topological polar surface area (TPSA) is 55.4 Å². The summed E-state index contributed by atoms with van der Waals surface area (Å²) in [7, 11) is 0. The van der Waals surface area contributed by atoms with E-state index in [-0.39, 0.29) is 5.56 Å². The van der Waals surface area contributed by atoms with Crippen LogP contribution in [0.15, 0.2) is 29.2 Å². The standard InChI is InChI=1S/C17H18ClN5O/c1-11-12(2)22-6-5-21(10-16(22)19-11)9-14-7-17(24)23-8-13(18)3-4-15(23)20-14/h3-4,7-8H,5-6,9-10H2,1-2H3. The van der Waals surface area contributed by atoms with E-state index < -0.39 is 0 Å². The third-order valence-corrected chi connectivity index (χ3v) is 4.83. The van der Waals surface area contributed by atoms with Crippen LogP contribution in [0.25, 0.3) is 5.65 Å². The lowest BCUT2D eigenvalue weighted by Crippen LogP contribution is -2.34. The van der Waals surface area contributed by atoms with Crippen molar-refractivity contribution in [3.63, 3.8) is 0 Å². The van der Waals surface area contributed by atoms with Crippen molar-refractivity contribution in [2.45, 2.75) is 33.5 Å². The minimum Gasteiger partial charge on any atom is -0.330 e. The molecular formula is C17H18ClN5O. The Labute approximate surface area is 144 Å². The van der Waals surface area contributed by atoms with Gasteiger partial charge in [0.15, 0.2) is 0 Å². The zero-order chi connectivity index (χ0) is 16.8. The second kappa shape index (κ2) is 5.72. The first-order valence-electron chi connectivity index (χ1n) is 7.94. The Morgan fingerprint density at radius 1 is 1.21 bits per heavy atom. The molecule has 0 aromatic carbocycles. The summed E-state index contributed by atoms with van der Waals surface area (Å²) in [5.41, 5.74) is 3.61. The van der Waals surface area contributed by atoms with E-state index in [0.717, 1.165) is 36.8 Å². The normalized spacial score (nSPS) is 15.0. The van der Waals surface area contributed by atoms with E-state index in [0.29, 0.717) is 17.2 Å². The van der Waals surface area contributed by atoms with Gasteiger partial charge in [-0.15, -0.1) is 0 Å². The summed E-state index contributed by atoms with van der Waals surface area (Å²) in [5.74, 6) is 1.08. The van der Waals surface area contributed by atoms with E-state index >= 15 is 0 Å². The summed E-state index contributed by atoms with van der Waals surface area (Å²) < 4.78 is 3.75. The molecule has 0 N–H and O–H groups in total. The van der Waals surface area contributed by atoms with Crippen LogP contribution in [0.2, 0.25) is 5.02 Å². The maximum absolute atomic E-state index is 12.3. The van der Waals surface area contributed by atoms with Crippen molar-refractivity contribution in [2.24, 2.45) is 0 Å². The molecular weight excluding hydrogens is 326 g/mol. The Morgan fingerprint density at radius 2 is 2.04 bits per heavy atom. The van der Waals surface area contributed by atoms with Crippen LogP contribution in [-0.2, 0) is 19.6 Å². The number of fused-ring (bicyclic) bond motifs is 2. The molecule has 4 heterocycles. The molecule has 1 aliphatic heterocycles. The fourth-order valence-corrected chi connectivity index (χ4v) is 3.39. The zero-order valence-corrected chi connectivity index (χ0v) is 14.4. The van der Waals surface area contributed by atoms with Gasteiger partial charge in [0.1, 0.15) is 11.5 Å². The van der Waals surface area contributed by atoms with Crippen LogP contribution in [0, 0.1) is 13.8 Å². The van der Waals surface area contributed by atoms with Gasteiger partial charge < -0.3 is 4.57 Å². The van der Waals surface area contributed by atoms with E-state index in [1.807, 2.05) is 6.92 Å². The predicted octanol–water partition coefficient (Wildman–Crippen LogP) is 2.18. The number of rotatable bonds is 2.